The van der Waals surface area contributed by atoms with Crippen LogP contribution in [0.25, 0.3) is 0 Å². The summed E-state index contributed by atoms with van der Waals surface area (Å²) in [7, 11) is -9.84. The topological polar surface area (TPSA) is 237 Å². The molecular weight excluding hydrogens is 946 g/mol. The number of aliphatic hydroxyl groups excluding tert-OH is 1. The lowest BCUT2D eigenvalue weighted by atomic mass is 10.1. The summed E-state index contributed by atoms with van der Waals surface area (Å²) >= 11 is 0. The number of unbranched alkanes of at least 4 members (excludes halogenated alkanes) is 26. The minimum Gasteiger partial charge on any atom is -0.462 e. The van der Waals surface area contributed by atoms with Gasteiger partial charge in [0, 0.05) is 25.7 Å². The molecule has 414 valence electrons. The van der Waals surface area contributed by atoms with E-state index >= 15 is 0 Å². The van der Waals surface area contributed by atoms with Crippen molar-refractivity contribution in [3.63, 3.8) is 0 Å². The number of hydrogen-bond acceptors (Lipinski definition) is 15. The number of phosphoric acid groups is 2. The van der Waals surface area contributed by atoms with Crippen LogP contribution in [0.15, 0.2) is 0 Å². The molecule has 0 aromatic heterocycles. The Morgan fingerprint density at radius 2 is 0.571 bits per heavy atom. The molecule has 3 N–H and O–H groups in total. The molecule has 0 radical (unpaired) electrons. The Balaban J connectivity index is 5.17. The molecule has 0 saturated carbocycles. The van der Waals surface area contributed by atoms with Crippen molar-refractivity contribution in [1.29, 1.82) is 0 Å². The van der Waals surface area contributed by atoms with Crippen molar-refractivity contribution in [3.05, 3.63) is 0 Å². The predicted octanol–water partition coefficient (Wildman–Crippen LogP) is 12.9. The normalized spacial score (nSPS) is 14.6. The second-order valence-electron chi connectivity index (χ2n) is 18.6. The molecule has 0 saturated heterocycles. The lowest BCUT2D eigenvalue weighted by Crippen LogP contribution is -2.30. The van der Waals surface area contributed by atoms with E-state index < -0.39 is 97.5 Å². The van der Waals surface area contributed by atoms with Gasteiger partial charge in [-0.3, -0.25) is 37.3 Å². The predicted molar refractivity (Wildman–Crippen MR) is 271 cm³/mol. The van der Waals surface area contributed by atoms with Gasteiger partial charge in [-0.15, -0.1) is 0 Å². The van der Waals surface area contributed by atoms with Gasteiger partial charge in [0.15, 0.2) is 12.2 Å². The van der Waals surface area contributed by atoms with E-state index in [2.05, 4.69) is 27.7 Å². The Labute approximate surface area is 422 Å². The monoisotopic (exact) mass is 1040 g/mol. The average Bonchev–Trinajstić information content (AvgIpc) is 3.33. The molecule has 0 aliphatic heterocycles. The van der Waals surface area contributed by atoms with E-state index in [0.29, 0.717) is 25.7 Å². The highest BCUT2D eigenvalue weighted by Gasteiger charge is 2.30. The van der Waals surface area contributed by atoms with E-state index in [-0.39, 0.29) is 25.7 Å². The molecule has 0 amide bonds. The standard InChI is InChI=1S/C51H98O17P2/c1-5-9-13-17-20-22-23-26-30-34-38-51(56)68-47(42-62-49(54)36-32-28-25-21-18-14-10-6-2)44-66-70(59,60)64-40-45(52)39-63-69(57,58)65-43-46(41-61-48(53)35-31-27-16-12-8-4)67-50(55)37-33-29-24-19-15-11-7-3/h45-47,52H,5-44H2,1-4H3,(H,57,58)(H,59,60)/t45-,46+,47+/m0/s1. The molecule has 0 aromatic rings. The Bertz CT molecular complexity index is 1390. The second-order valence-corrected chi connectivity index (χ2v) is 21.5. The highest BCUT2D eigenvalue weighted by atomic mass is 31.2. The minimum absolute atomic E-state index is 0.103. The van der Waals surface area contributed by atoms with Crippen molar-refractivity contribution >= 4 is 39.5 Å². The fraction of sp³-hybridized carbons (Fsp3) is 0.922. The van der Waals surface area contributed by atoms with Crippen molar-refractivity contribution in [3.8, 4) is 0 Å². The molecular formula is C51H98O17P2. The molecule has 0 rings (SSSR count). The number of rotatable bonds is 52. The first-order valence-corrected chi connectivity index (χ1v) is 30.3. The Morgan fingerprint density at radius 3 is 0.843 bits per heavy atom. The second kappa shape index (κ2) is 46.8. The van der Waals surface area contributed by atoms with Crippen LogP contribution in [0.1, 0.15) is 246 Å². The van der Waals surface area contributed by atoms with E-state index in [0.717, 1.165) is 116 Å². The van der Waals surface area contributed by atoms with Crippen molar-refractivity contribution in [2.75, 3.05) is 39.6 Å². The van der Waals surface area contributed by atoms with Gasteiger partial charge < -0.3 is 33.8 Å². The van der Waals surface area contributed by atoms with Gasteiger partial charge in [-0.25, -0.2) is 9.13 Å². The third-order valence-electron chi connectivity index (χ3n) is 11.6. The van der Waals surface area contributed by atoms with Crippen LogP contribution in [0, 0.1) is 0 Å². The first-order chi connectivity index (χ1) is 33.7. The summed E-state index contributed by atoms with van der Waals surface area (Å²) in [4.78, 5) is 71.1. The molecule has 0 aliphatic carbocycles. The van der Waals surface area contributed by atoms with Crippen LogP contribution in [-0.4, -0.2) is 96.7 Å². The van der Waals surface area contributed by atoms with Gasteiger partial charge in [0.1, 0.15) is 19.3 Å². The lowest BCUT2D eigenvalue weighted by Gasteiger charge is -2.21. The number of aliphatic hydroxyl groups is 1. The van der Waals surface area contributed by atoms with Crippen LogP contribution >= 0.6 is 15.6 Å². The molecule has 5 atom stereocenters. The third kappa shape index (κ3) is 45.9. The highest BCUT2D eigenvalue weighted by Crippen LogP contribution is 2.45. The summed E-state index contributed by atoms with van der Waals surface area (Å²) in [6, 6.07) is 0. The number of hydrogen-bond donors (Lipinski definition) is 3. The number of carbonyl (C=O) groups is 4. The van der Waals surface area contributed by atoms with Crippen LogP contribution in [0.2, 0.25) is 0 Å². The molecule has 0 spiro atoms. The van der Waals surface area contributed by atoms with Gasteiger partial charge in [0.2, 0.25) is 0 Å². The van der Waals surface area contributed by atoms with Crippen LogP contribution in [0.4, 0.5) is 0 Å². The Hall–Kier alpha value is -1.94. The molecule has 0 aromatic carbocycles. The number of carbonyl (C=O) groups excluding carboxylic acids is 4. The van der Waals surface area contributed by atoms with Crippen molar-refractivity contribution in [1.82, 2.24) is 0 Å². The molecule has 0 fully saturated rings. The SMILES string of the molecule is CCCCCCCCCCCCC(=O)O[C@H](COC(=O)CCCCCCCCCC)COP(=O)(O)OC[C@@H](O)COP(=O)(O)OC[C@@H](COC(=O)CCCCCCC)OC(=O)CCCCCCCCC. The van der Waals surface area contributed by atoms with Gasteiger partial charge >= 0.3 is 39.5 Å². The molecule has 2 unspecified atom stereocenters. The van der Waals surface area contributed by atoms with E-state index in [1.165, 1.54) is 51.4 Å². The third-order valence-corrected chi connectivity index (χ3v) is 13.5. The Morgan fingerprint density at radius 1 is 0.343 bits per heavy atom. The fourth-order valence-corrected chi connectivity index (χ4v) is 8.91. The number of phosphoric ester groups is 2. The summed E-state index contributed by atoms with van der Waals surface area (Å²) in [6.07, 6.45) is 27.1. The Kier molecular flexibility index (Phi) is 45.5. The molecule has 0 aliphatic rings. The van der Waals surface area contributed by atoms with E-state index in [4.69, 9.17) is 37.0 Å². The maximum atomic E-state index is 12.8. The summed E-state index contributed by atoms with van der Waals surface area (Å²) in [5.41, 5.74) is 0. The first kappa shape index (κ1) is 68.1. The molecule has 19 heteroatoms. The zero-order valence-corrected chi connectivity index (χ0v) is 45.8. The minimum atomic E-state index is -4.92. The quantitative estimate of drug-likeness (QED) is 0.0222. The summed E-state index contributed by atoms with van der Waals surface area (Å²) in [6.45, 7) is 4.62. The van der Waals surface area contributed by atoms with Crippen LogP contribution < -0.4 is 0 Å². The highest BCUT2D eigenvalue weighted by molar-refractivity contribution is 7.47. The smallest absolute Gasteiger partial charge is 0.462 e. The zero-order valence-electron chi connectivity index (χ0n) is 44.0. The van der Waals surface area contributed by atoms with Gasteiger partial charge in [0.05, 0.1) is 26.4 Å². The van der Waals surface area contributed by atoms with Gasteiger partial charge in [-0.1, -0.05) is 195 Å². The first-order valence-electron chi connectivity index (χ1n) is 27.3. The van der Waals surface area contributed by atoms with Crippen LogP contribution in [-0.2, 0) is 65.4 Å². The van der Waals surface area contributed by atoms with Crippen LogP contribution in [0.3, 0.4) is 0 Å². The summed E-state index contributed by atoms with van der Waals surface area (Å²) in [5.74, 6) is -2.17. The molecule has 17 nitrogen and oxygen atoms in total. The summed E-state index contributed by atoms with van der Waals surface area (Å²) in [5, 5.41) is 10.4. The fourth-order valence-electron chi connectivity index (χ4n) is 7.34. The molecule has 0 heterocycles. The van der Waals surface area contributed by atoms with Crippen LogP contribution in [0.5, 0.6) is 0 Å². The number of esters is 4. The maximum Gasteiger partial charge on any atom is 0.472 e. The average molecular weight is 1050 g/mol. The molecule has 0 bridgehead atoms. The van der Waals surface area contributed by atoms with Crippen molar-refractivity contribution in [2.45, 2.75) is 264 Å². The van der Waals surface area contributed by atoms with Gasteiger partial charge in [0.25, 0.3) is 0 Å². The molecule has 70 heavy (non-hydrogen) atoms. The van der Waals surface area contributed by atoms with Gasteiger partial charge in [-0.05, 0) is 25.7 Å². The summed E-state index contributed by atoms with van der Waals surface area (Å²) < 4.78 is 67.0. The van der Waals surface area contributed by atoms with Crippen molar-refractivity contribution < 1.29 is 80.2 Å². The lowest BCUT2D eigenvalue weighted by molar-refractivity contribution is -0.161. The van der Waals surface area contributed by atoms with E-state index in [1.807, 2.05) is 0 Å². The van der Waals surface area contributed by atoms with Crippen molar-refractivity contribution in [2.24, 2.45) is 0 Å². The van der Waals surface area contributed by atoms with E-state index in [9.17, 15) is 43.2 Å². The van der Waals surface area contributed by atoms with Gasteiger partial charge in [-0.2, -0.15) is 0 Å². The largest absolute Gasteiger partial charge is 0.472 e. The number of ether oxygens (including phenoxy) is 4. The maximum absolute atomic E-state index is 12.8. The zero-order chi connectivity index (χ0) is 52.0. The van der Waals surface area contributed by atoms with E-state index in [1.54, 1.807) is 0 Å².